The van der Waals surface area contributed by atoms with Crippen LogP contribution in [0.25, 0.3) is 21.8 Å². The van der Waals surface area contributed by atoms with E-state index in [0.717, 1.165) is 11.1 Å². The van der Waals surface area contributed by atoms with E-state index in [1.54, 1.807) is 26.0 Å². The second-order valence-electron chi connectivity index (χ2n) is 8.49. The number of para-hydroxylation sites is 1. The Morgan fingerprint density at radius 1 is 1.28 bits per heavy atom. The molecule has 0 unspecified atom stereocenters. The van der Waals surface area contributed by atoms with Gasteiger partial charge in [0.2, 0.25) is 5.43 Å². The molecule has 0 radical (unpaired) electrons. The summed E-state index contributed by atoms with van der Waals surface area (Å²) in [7, 11) is 0. The standard InChI is InChI=1S/C23H25NO5/c1-11(2)8-9-13-19-17(20(26)12-6-5-7-15(25)18(12)24-19)21(27)14-10-16(23(3,4)28)29-22(13)14/h5-8,16,25,27-28H,9-10H2,1-4H3,(H,24,26)/t16-/m1/s1. The summed E-state index contributed by atoms with van der Waals surface area (Å²) in [6.45, 7) is 7.28. The van der Waals surface area contributed by atoms with Crippen LogP contribution in [0.15, 0.2) is 34.6 Å². The number of phenolic OH excluding ortho intramolecular Hbond substituents is 2. The number of hydrogen-bond donors (Lipinski definition) is 4. The number of aromatic hydroxyl groups is 2. The van der Waals surface area contributed by atoms with Crippen LogP contribution in [0.5, 0.6) is 17.2 Å². The number of phenols is 2. The Morgan fingerprint density at radius 2 is 2.00 bits per heavy atom. The lowest BCUT2D eigenvalue weighted by molar-refractivity contribution is -0.0231. The topological polar surface area (TPSA) is 103 Å². The van der Waals surface area contributed by atoms with Crippen molar-refractivity contribution in [3.63, 3.8) is 0 Å². The van der Waals surface area contributed by atoms with Crippen molar-refractivity contribution in [2.24, 2.45) is 0 Å². The number of aromatic nitrogens is 1. The fourth-order valence-corrected chi connectivity index (χ4v) is 3.90. The Morgan fingerprint density at radius 3 is 2.66 bits per heavy atom. The number of aromatic amines is 1. The number of allylic oxidation sites excluding steroid dienone is 2. The molecule has 6 heteroatoms. The lowest BCUT2D eigenvalue weighted by atomic mass is 9.93. The molecule has 2 heterocycles. The zero-order chi connectivity index (χ0) is 21.1. The number of benzene rings is 2. The summed E-state index contributed by atoms with van der Waals surface area (Å²) in [5, 5.41) is 32.2. The molecule has 0 amide bonds. The van der Waals surface area contributed by atoms with Gasteiger partial charge in [0, 0.05) is 17.5 Å². The number of hydrogen-bond acceptors (Lipinski definition) is 5. The zero-order valence-electron chi connectivity index (χ0n) is 17.0. The smallest absolute Gasteiger partial charge is 0.201 e. The molecule has 0 bridgehead atoms. The third kappa shape index (κ3) is 3.04. The Hall–Kier alpha value is -2.99. The molecule has 6 nitrogen and oxygen atoms in total. The average molecular weight is 395 g/mol. The van der Waals surface area contributed by atoms with Gasteiger partial charge in [-0.1, -0.05) is 17.7 Å². The van der Waals surface area contributed by atoms with Gasteiger partial charge in [-0.3, -0.25) is 4.79 Å². The third-order valence-corrected chi connectivity index (χ3v) is 5.54. The highest BCUT2D eigenvalue weighted by Gasteiger charge is 2.39. The molecular weight excluding hydrogens is 370 g/mol. The van der Waals surface area contributed by atoms with Crippen molar-refractivity contribution >= 4 is 21.8 Å². The summed E-state index contributed by atoms with van der Waals surface area (Å²) in [4.78, 5) is 16.4. The number of fused-ring (bicyclic) bond motifs is 3. The fraction of sp³-hybridized carbons (Fsp3) is 0.348. The summed E-state index contributed by atoms with van der Waals surface area (Å²) in [6, 6.07) is 4.72. The van der Waals surface area contributed by atoms with Crippen molar-refractivity contribution < 1.29 is 20.1 Å². The Bertz CT molecular complexity index is 1230. The number of rotatable bonds is 3. The molecule has 0 saturated heterocycles. The maximum Gasteiger partial charge on any atom is 0.201 e. The number of aliphatic hydroxyl groups is 1. The molecule has 2 aromatic carbocycles. The van der Waals surface area contributed by atoms with Crippen molar-refractivity contribution in [1.82, 2.24) is 4.98 Å². The van der Waals surface area contributed by atoms with Gasteiger partial charge in [-0.2, -0.15) is 0 Å². The highest BCUT2D eigenvalue weighted by atomic mass is 16.5. The van der Waals surface area contributed by atoms with E-state index in [0.29, 0.717) is 40.6 Å². The van der Waals surface area contributed by atoms with Crippen LogP contribution in [0.4, 0.5) is 0 Å². The maximum absolute atomic E-state index is 13.2. The SMILES string of the molecule is CC(C)=CCc1c2c(c(O)c3c(=O)c4cccc(O)c4[nH]c13)C[C@H](C(C)(C)O)O2. The number of pyridine rings is 1. The minimum Gasteiger partial charge on any atom is -0.507 e. The van der Waals surface area contributed by atoms with Crippen LogP contribution in [0.2, 0.25) is 0 Å². The fourth-order valence-electron chi connectivity index (χ4n) is 3.90. The third-order valence-electron chi connectivity index (χ3n) is 5.54. The summed E-state index contributed by atoms with van der Waals surface area (Å²) in [5.74, 6) is 0.323. The van der Waals surface area contributed by atoms with Crippen molar-refractivity contribution in [2.75, 3.05) is 0 Å². The Kier molecular flexibility index (Phi) is 4.35. The van der Waals surface area contributed by atoms with Gasteiger partial charge in [-0.05, 0) is 46.2 Å². The van der Waals surface area contributed by atoms with Crippen LogP contribution in [-0.2, 0) is 12.8 Å². The van der Waals surface area contributed by atoms with E-state index in [-0.39, 0.29) is 22.3 Å². The van der Waals surface area contributed by atoms with Crippen molar-refractivity contribution in [1.29, 1.82) is 0 Å². The van der Waals surface area contributed by atoms with Gasteiger partial charge in [0.1, 0.15) is 23.4 Å². The molecule has 1 aliphatic heterocycles. The van der Waals surface area contributed by atoms with E-state index < -0.39 is 11.7 Å². The van der Waals surface area contributed by atoms with Gasteiger partial charge >= 0.3 is 0 Å². The van der Waals surface area contributed by atoms with Crippen LogP contribution in [-0.4, -0.2) is 32.0 Å². The number of H-pyrrole nitrogens is 1. The van der Waals surface area contributed by atoms with Crippen LogP contribution in [0.3, 0.4) is 0 Å². The lowest BCUT2D eigenvalue weighted by Crippen LogP contribution is -2.39. The molecule has 4 N–H and O–H groups in total. The van der Waals surface area contributed by atoms with E-state index >= 15 is 0 Å². The van der Waals surface area contributed by atoms with E-state index in [1.807, 2.05) is 19.9 Å². The molecule has 4 rings (SSSR count). The van der Waals surface area contributed by atoms with Crippen LogP contribution in [0.1, 0.15) is 38.8 Å². The molecule has 0 fully saturated rings. The second kappa shape index (κ2) is 6.52. The minimum atomic E-state index is -1.11. The molecule has 1 aromatic heterocycles. The van der Waals surface area contributed by atoms with Crippen LogP contribution < -0.4 is 10.2 Å². The normalized spacial score (nSPS) is 16.1. The minimum absolute atomic E-state index is 0.0371. The predicted octanol–water partition coefficient (Wildman–Crippen LogP) is 3.68. The molecule has 29 heavy (non-hydrogen) atoms. The van der Waals surface area contributed by atoms with Gasteiger partial charge in [-0.15, -0.1) is 0 Å². The molecule has 1 aliphatic rings. The molecule has 152 valence electrons. The lowest BCUT2D eigenvalue weighted by Gasteiger charge is -2.25. The van der Waals surface area contributed by atoms with E-state index in [4.69, 9.17) is 4.74 Å². The summed E-state index contributed by atoms with van der Waals surface area (Å²) in [6.07, 6.45) is 2.26. The first kappa shape index (κ1) is 19.3. The zero-order valence-corrected chi connectivity index (χ0v) is 17.0. The Labute approximate surface area is 168 Å². The summed E-state index contributed by atoms with van der Waals surface area (Å²) >= 11 is 0. The van der Waals surface area contributed by atoms with Gasteiger partial charge in [0.05, 0.1) is 27.4 Å². The monoisotopic (exact) mass is 395 g/mol. The van der Waals surface area contributed by atoms with E-state index in [1.165, 1.54) is 6.07 Å². The summed E-state index contributed by atoms with van der Waals surface area (Å²) < 4.78 is 6.08. The molecule has 0 aliphatic carbocycles. The van der Waals surface area contributed by atoms with Gasteiger partial charge in [0.15, 0.2) is 0 Å². The first-order chi connectivity index (χ1) is 13.6. The highest BCUT2D eigenvalue weighted by Crippen LogP contribution is 2.46. The second-order valence-corrected chi connectivity index (χ2v) is 8.49. The van der Waals surface area contributed by atoms with E-state index in [2.05, 4.69) is 4.98 Å². The Balaban J connectivity index is 2.12. The van der Waals surface area contributed by atoms with Crippen LogP contribution in [0, 0.1) is 0 Å². The van der Waals surface area contributed by atoms with E-state index in [9.17, 15) is 20.1 Å². The molecule has 0 saturated carbocycles. The number of nitrogens with one attached hydrogen (secondary N) is 1. The first-order valence-electron chi connectivity index (χ1n) is 9.66. The van der Waals surface area contributed by atoms with Gasteiger partial charge < -0.3 is 25.0 Å². The predicted molar refractivity (Wildman–Crippen MR) is 113 cm³/mol. The largest absolute Gasteiger partial charge is 0.507 e. The number of ether oxygens (including phenoxy) is 1. The van der Waals surface area contributed by atoms with Gasteiger partial charge in [-0.25, -0.2) is 0 Å². The molecule has 1 atom stereocenters. The molecular formula is C23H25NO5. The molecule has 0 spiro atoms. The molecule has 3 aromatic rings. The maximum atomic E-state index is 13.2. The van der Waals surface area contributed by atoms with Crippen molar-refractivity contribution in [3.8, 4) is 17.2 Å². The van der Waals surface area contributed by atoms with Gasteiger partial charge in [0.25, 0.3) is 0 Å². The first-order valence-corrected chi connectivity index (χ1v) is 9.66. The highest BCUT2D eigenvalue weighted by molar-refractivity contribution is 6.01. The average Bonchev–Trinajstić information content (AvgIpc) is 3.08. The summed E-state index contributed by atoms with van der Waals surface area (Å²) in [5.41, 5.74) is 1.65. The quantitative estimate of drug-likeness (QED) is 0.400. The van der Waals surface area contributed by atoms with Crippen LogP contribution >= 0.6 is 0 Å². The van der Waals surface area contributed by atoms with Crippen molar-refractivity contribution in [2.45, 2.75) is 52.2 Å². The van der Waals surface area contributed by atoms with Crippen molar-refractivity contribution in [3.05, 3.63) is 51.2 Å².